The van der Waals surface area contributed by atoms with Gasteiger partial charge in [-0.25, -0.2) is 14.2 Å². The molecule has 46 heavy (non-hydrogen) atoms. The van der Waals surface area contributed by atoms with Crippen LogP contribution in [0.2, 0.25) is 5.02 Å². The summed E-state index contributed by atoms with van der Waals surface area (Å²) in [4.78, 5) is 53.9. The quantitative estimate of drug-likeness (QED) is 0.265. The molecule has 0 bridgehead atoms. The molecule has 4 aromatic rings. The van der Waals surface area contributed by atoms with Gasteiger partial charge in [-0.15, -0.1) is 0 Å². The maximum Gasteiger partial charge on any atom is 0.330 e. The summed E-state index contributed by atoms with van der Waals surface area (Å²) >= 11 is 6.71. The normalized spacial score (nSPS) is 17.1. The molecule has 6 rings (SSSR count). The standard InChI is InChI=1S/C33H32ClFN6O5/c1-40-16-22(32(44)41(2)33(40)45)30(43)38-24-9-5-6-19(28(24)34)20-7-4-8-21(29(20)35)25-14-17-10-12-23(27(17)31(39-25)46-3)36-15-18-11-13-26(42)37-18/h4-9,14,16,18,23,36H,10-13,15H2,1-3H3,(H,37,42)(H,38,43)/t18-,23+/m0/s1. The van der Waals surface area contributed by atoms with Gasteiger partial charge in [-0.05, 0) is 43.0 Å². The number of nitrogens with zero attached hydrogens (tertiary/aromatic N) is 3. The third kappa shape index (κ3) is 5.69. The molecule has 1 aliphatic heterocycles. The molecule has 238 valence electrons. The van der Waals surface area contributed by atoms with E-state index in [0.29, 0.717) is 30.1 Å². The number of hydrogen-bond acceptors (Lipinski definition) is 7. The zero-order valence-corrected chi connectivity index (χ0v) is 26.2. The molecular formula is C33H32ClFN6O5. The van der Waals surface area contributed by atoms with Crippen LogP contribution in [-0.2, 0) is 25.3 Å². The first-order valence-electron chi connectivity index (χ1n) is 14.8. The third-order valence-corrected chi connectivity index (χ3v) is 8.96. The van der Waals surface area contributed by atoms with Crippen molar-refractivity contribution in [1.82, 2.24) is 24.8 Å². The Morgan fingerprint density at radius 3 is 2.57 bits per heavy atom. The fourth-order valence-corrected chi connectivity index (χ4v) is 6.42. The first-order valence-corrected chi connectivity index (χ1v) is 15.2. The number of fused-ring (bicyclic) bond motifs is 1. The Morgan fingerprint density at radius 2 is 1.83 bits per heavy atom. The molecular weight excluding hydrogens is 615 g/mol. The molecule has 0 radical (unpaired) electrons. The van der Waals surface area contributed by atoms with Gasteiger partial charge in [0.2, 0.25) is 11.8 Å². The van der Waals surface area contributed by atoms with Crippen molar-refractivity contribution in [3.8, 4) is 28.3 Å². The first-order chi connectivity index (χ1) is 22.1. The van der Waals surface area contributed by atoms with Crippen LogP contribution in [0.15, 0.2) is 58.3 Å². The summed E-state index contributed by atoms with van der Waals surface area (Å²) in [5.74, 6) is -0.841. The van der Waals surface area contributed by atoms with Crippen LogP contribution >= 0.6 is 11.6 Å². The summed E-state index contributed by atoms with van der Waals surface area (Å²) < 4.78 is 24.0. The zero-order chi connectivity index (χ0) is 32.7. The molecule has 0 saturated carbocycles. The molecule has 2 atom stereocenters. The van der Waals surface area contributed by atoms with Gasteiger partial charge in [0, 0.05) is 67.6 Å². The average Bonchev–Trinajstić information content (AvgIpc) is 3.66. The topological polar surface area (TPSA) is 136 Å². The Labute approximate surface area is 268 Å². The summed E-state index contributed by atoms with van der Waals surface area (Å²) in [5.41, 5.74) is 1.70. The van der Waals surface area contributed by atoms with Crippen molar-refractivity contribution >= 4 is 29.1 Å². The van der Waals surface area contributed by atoms with Crippen molar-refractivity contribution in [2.45, 2.75) is 37.8 Å². The highest BCUT2D eigenvalue weighted by molar-refractivity contribution is 6.36. The van der Waals surface area contributed by atoms with E-state index < -0.39 is 23.0 Å². The number of aromatic nitrogens is 3. The molecule has 3 N–H and O–H groups in total. The second-order valence-electron chi connectivity index (χ2n) is 11.5. The Kier molecular flexibility index (Phi) is 8.49. The maximum absolute atomic E-state index is 16.3. The van der Waals surface area contributed by atoms with Crippen molar-refractivity contribution in [1.29, 1.82) is 0 Å². The summed E-state index contributed by atoms with van der Waals surface area (Å²) in [6.07, 6.45) is 4.06. The summed E-state index contributed by atoms with van der Waals surface area (Å²) in [6.45, 7) is 0.638. The van der Waals surface area contributed by atoms with Gasteiger partial charge in [-0.3, -0.25) is 19.0 Å². The predicted molar refractivity (Wildman–Crippen MR) is 172 cm³/mol. The highest BCUT2D eigenvalue weighted by Crippen LogP contribution is 2.42. The lowest BCUT2D eigenvalue weighted by Gasteiger charge is -2.19. The predicted octanol–water partition coefficient (Wildman–Crippen LogP) is 3.72. The monoisotopic (exact) mass is 646 g/mol. The minimum Gasteiger partial charge on any atom is -0.481 e. The van der Waals surface area contributed by atoms with Crippen LogP contribution < -0.4 is 31.9 Å². The summed E-state index contributed by atoms with van der Waals surface area (Å²) in [6, 6.07) is 11.7. The van der Waals surface area contributed by atoms with Gasteiger partial charge in [0.25, 0.3) is 11.5 Å². The number of benzene rings is 2. The molecule has 0 unspecified atom stereocenters. The van der Waals surface area contributed by atoms with Crippen molar-refractivity contribution < 1.29 is 18.7 Å². The van der Waals surface area contributed by atoms with Gasteiger partial charge in [0.05, 0.1) is 23.5 Å². The molecule has 2 aromatic carbocycles. The first kappa shape index (κ1) is 31.2. The number of nitrogens with one attached hydrogen (secondary N) is 3. The second kappa shape index (κ2) is 12.5. The SMILES string of the molecule is COc1nc(-c2cccc(-c3cccc(NC(=O)c4cn(C)c(=O)n(C)c4=O)c3Cl)c2F)cc2c1[C@H](NC[C@@H]1CCC(=O)N1)CC2. The molecule has 11 nitrogen and oxygen atoms in total. The molecule has 2 aromatic heterocycles. The van der Waals surface area contributed by atoms with E-state index in [1.807, 2.05) is 6.07 Å². The van der Waals surface area contributed by atoms with E-state index in [-0.39, 0.29) is 45.4 Å². The molecule has 13 heteroatoms. The van der Waals surface area contributed by atoms with E-state index in [1.54, 1.807) is 30.3 Å². The maximum atomic E-state index is 16.3. The molecule has 2 aliphatic rings. The van der Waals surface area contributed by atoms with Gasteiger partial charge in [-0.1, -0.05) is 35.9 Å². The van der Waals surface area contributed by atoms with E-state index in [1.165, 1.54) is 27.3 Å². The van der Waals surface area contributed by atoms with Crippen LogP contribution in [0.4, 0.5) is 10.1 Å². The van der Waals surface area contributed by atoms with E-state index in [4.69, 9.17) is 21.3 Å². The van der Waals surface area contributed by atoms with Crippen LogP contribution in [-0.4, -0.2) is 45.6 Å². The van der Waals surface area contributed by atoms with Gasteiger partial charge in [0.1, 0.15) is 11.4 Å². The number of carbonyl (C=O) groups is 2. The van der Waals surface area contributed by atoms with E-state index in [0.717, 1.165) is 45.7 Å². The largest absolute Gasteiger partial charge is 0.481 e. The zero-order valence-electron chi connectivity index (χ0n) is 25.4. The van der Waals surface area contributed by atoms with Crippen LogP contribution in [0.5, 0.6) is 5.88 Å². The minimum absolute atomic E-state index is 0.00195. The number of methoxy groups -OCH3 is 1. The number of halogens is 2. The van der Waals surface area contributed by atoms with E-state index in [2.05, 4.69) is 16.0 Å². The average molecular weight is 647 g/mol. The fourth-order valence-electron chi connectivity index (χ4n) is 6.15. The lowest BCUT2D eigenvalue weighted by molar-refractivity contribution is -0.119. The molecule has 1 saturated heterocycles. The Bertz CT molecular complexity index is 2010. The molecule has 3 heterocycles. The molecule has 0 spiro atoms. The van der Waals surface area contributed by atoms with Crippen molar-refractivity contribution in [2.75, 3.05) is 19.0 Å². The lowest BCUT2D eigenvalue weighted by Crippen LogP contribution is -2.40. The van der Waals surface area contributed by atoms with E-state index >= 15 is 4.39 Å². The number of rotatable bonds is 8. The Morgan fingerprint density at radius 1 is 1.09 bits per heavy atom. The summed E-state index contributed by atoms with van der Waals surface area (Å²) in [5, 5.41) is 9.20. The number of pyridine rings is 1. The molecule has 1 fully saturated rings. The van der Waals surface area contributed by atoms with Crippen LogP contribution in [0.3, 0.4) is 0 Å². The highest BCUT2D eigenvalue weighted by atomic mass is 35.5. The van der Waals surface area contributed by atoms with E-state index in [9.17, 15) is 19.2 Å². The number of carbonyl (C=O) groups excluding carboxylic acids is 2. The van der Waals surface area contributed by atoms with Crippen LogP contribution in [0.1, 0.15) is 46.8 Å². The molecule has 2 amide bonds. The van der Waals surface area contributed by atoms with Crippen molar-refractivity contribution in [3.63, 3.8) is 0 Å². The van der Waals surface area contributed by atoms with Crippen molar-refractivity contribution in [2.24, 2.45) is 14.1 Å². The number of anilines is 1. The minimum atomic E-state index is -0.764. The van der Waals surface area contributed by atoms with Crippen LogP contribution in [0, 0.1) is 5.82 Å². The fraction of sp³-hybridized carbons (Fsp3) is 0.303. The van der Waals surface area contributed by atoms with Crippen LogP contribution in [0.25, 0.3) is 22.4 Å². The summed E-state index contributed by atoms with van der Waals surface area (Å²) in [7, 11) is 4.25. The van der Waals surface area contributed by atoms with Crippen molar-refractivity contribution in [3.05, 3.63) is 97.0 Å². The van der Waals surface area contributed by atoms with Gasteiger partial charge < -0.3 is 25.3 Å². The Hall–Kier alpha value is -4.81. The highest BCUT2D eigenvalue weighted by Gasteiger charge is 2.30. The third-order valence-electron chi connectivity index (χ3n) is 8.55. The number of amides is 2. The van der Waals surface area contributed by atoms with Gasteiger partial charge in [0.15, 0.2) is 0 Å². The lowest BCUT2D eigenvalue weighted by atomic mass is 9.98. The second-order valence-corrected chi connectivity index (χ2v) is 11.9. The van der Waals surface area contributed by atoms with Gasteiger partial charge in [-0.2, -0.15) is 0 Å². The van der Waals surface area contributed by atoms with Gasteiger partial charge >= 0.3 is 5.69 Å². The number of aryl methyl sites for hydroxylation is 2. The smallest absolute Gasteiger partial charge is 0.330 e. The number of hydrogen-bond donors (Lipinski definition) is 3. The molecule has 1 aliphatic carbocycles. The Balaban J connectivity index is 1.29. The number of ether oxygens (including phenoxy) is 1.